The maximum absolute atomic E-state index is 12.5. The van der Waals surface area contributed by atoms with Crippen LogP contribution < -0.4 is 14.5 Å². The Labute approximate surface area is 166 Å². The van der Waals surface area contributed by atoms with Crippen LogP contribution in [-0.4, -0.2) is 39.7 Å². The summed E-state index contributed by atoms with van der Waals surface area (Å²) in [5.74, 6) is -0.0233. The first-order valence-corrected chi connectivity index (χ1v) is 11.4. The summed E-state index contributed by atoms with van der Waals surface area (Å²) in [6, 6.07) is 14.7. The lowest BCUT2D eigenvalue weighted by Gasteiger charge is -2.28. The van der Waals surface area contributed by atoms with Crippen LogP contribution in [0.2, 0.25) is 0 Å². The van der Waals surface area contributed by atoms with E-state index in [-0.39, 0.29) is 11.7 Å². The average molecular weight is 400 g/mol. The molecule has 148 valence electrons. The lowest BCUT2D eigenvalue weighted by atomic mass is 10.1. The molecule has 28 heavy (non-hydrogen) atoms. The number of anilines is 3. The molecule has 1 N–H and O–H groups in total. The van der Waals surface area contributed by atoms with Crippen molar-refractivity contribution in [2.75, 3.05) is 39.9 Å². The Morgan fingerprint density at radius 3 is 2.04 bits per heavy atom. The third-order valence-electron chi connectivity index (χ3n) is 5.36. The first kappa shape index (κ1) is 18.8. The highest BCUT2D eigenvalue weighted by atomic mass is 32.2. The van der Waals surface area contributed by atoms with Crippen LogP contribution in [0.3, 0.4) is 0 Å². The zero-order valence-corrected chi connectivity index (χ0v) is 16.6. The molecule has 2 saturated heterocycles. The average Bonchev–Trinajstić information content (AvgIpc) is 3.23. The molecule has 0 spiro atoms. The second-order valence-corrected chi connectivity index (χ2v) is 9.35. The minimum Gasteiger partial charge on any atom is -0.372 e. The van der Waals surface area contributed by atoms with Gasteiger partial charge in [0, 0.05) is 36.6 Å². The molecule has 0 aliphatic carbocycles. The monoisotopic (exact) mass is 399 g/mol. The molecular formula is C21H25N3O3S. The van der Waals surface area contributed by atoms with Crippen molar-refractivity contribution in [3.8, 4) is 0 Å². The van der Waals surface area contributed by atoms with Gasteiger partial charge < -0.3 is 10.2 Å². The molecular weight excluding hydrogens is 374 g/mol. The smallest absolute Gasteiger partial charge is 0.255 e. The van der Waals surface area contributed by atoms with E-state index in [1.165, 1.54) is 22.8 Å². The van der Waals surface area contributed by atoms with Crippen LogP contribution in [0, 0.1) is 0 Å². The Bertz CT molecular complexity index is 934. The summed E-state index contributed by atoms with van der Waals surface area (Å²) >= 11 is 0. The number of nitrogens with one attached hydrogen (secondary N) is 1. The number of carbonyl (C=O) groups is 1. The molecule has 7 heteroatoms. The standard InChI is InChI=1S/C21H25N3O3S/c25-21(22-18-7-11-19(12-8-18)23-13-1-2-14-23)17-5-9-20(10-6-17)24-15-3-4-16-28(24,26)27/h5-12H,1-4,13-16H2,(H,22,25). The fraction of sp³-hybridized carbons (Fsp3) is 0.381. The molecule has 2 aromatic rings. The number of carbonyl (C=O) groups excluding carboxylic acids is 1. The van der Waals surface area contributed by atoms with Crippen molar-refractivity contribution < 1.29 is 13.2 Å². The van der Waals surface area contributed by atoms with Crippen LogP contribution in [-0.2, 0) is 10.0 Å². The van der Waals surface area contributed by atoms with Crippen molar-refractivity contribution in [3.05, 3.63) is 54.1 Å². The third kappa shape index (κ3) is 3.99. The van der Waals surface area contributed by atoms with Crippen LogP contribution in [0.1, 0.15) is 36.0 Å². The van der Waals surface area contributed by atoms with Gasteiger partial charge in [0.05, 0.1) is 11.4 Å². The molecule has 2 fully saturated rings. The molecule has 0 atom stereocenters. The Morgan fingerprint density at radius 1 is 0.786 bits per heavy atom. The number of rotatable bonds is 4. The van der Waals surface area contributed by atoms with Crippen LogP contribution in [0.15, 0.2) is 48.5 Å². The van der Waals surface area contributed by atoms with Gasteiger partial charge in [0.25, 0.3) is 5.91 Å². The highest BCUT2D eigenvalue weighted by molar-refractivity contribution is 7.92. The molecule has 2 aromatic carbocycles. The number of hydrogen-bond donors (Lipinski definition) is 1. The molecule has 0 bridgehead atoms. The summed E-state index contributed by atoms with van der Waals surface area (Å²) in [6.45, 7) is 2.67. The highest BCUT2D eigenvalue weighted by Gasteiger charge is 2.26. The van der Waals surface area contributed by atoms with Crippen LogP contribution in [0.5, 0.6) is 0 Å². The zero-order chi connectivity index (χ0) is 19.6. The van der Waals surface area contributed by atoms with Crippen molar-refractivity contribution >= 4 is 33.0 Å². The van der Waals surface area contributed by atoms with Gasteiger partial charge in [0.1, 0.15) is 0 Å². The largest absolute Gasteiger partial charge is 0.372 e. The van der Waals surface area contributed by atoms with E-state index in [1.54, 1.807) is 24.3 Å². The number of nitrogens with zero attached hydrogens (tertiary/aromatic N) is 2. The first-order valence-electron chi connectivity index (χ1n) is 9.80. The topological polar surface area (TPSA) is 69.7 Å². The van der Waals surface area contributed by atoms with E-state index in [4.69, 9.17) is 0 Å². The minimum atomic E-state index is -3.24. The summed E-state index contributed by atoms with van der Waals surface area (Å²) in [5.41, 5.74) is 3.05. The molecule has 2 aliphatic heterocycles. The van der Waals surface area contributed by atoms with E-state index in [9.17, 15) is 13.2 Å². The van der Waals surface area contributed by atoms with Gasteiger partial charge in [-0.3, -0.25) is 9.10 Å². The van der Waals surface area contributed by atoms with Gasteiger partial charge in [0.15, 0.2) is 0 Å². The molecule has 0 aromatic heterocycles. The van der Waals surface area contributed by atoms with Crippen molar-refractivity contribution in [2.24, 2.45) is 0 Å². The van der Waals surface area contributed by atoms with Gasteiger partial charge in [0.2, 0.25) is 10.0 Å². The first-order chi connectivity index (χ1) is 13.5. The second kappa shape index (κ2) is 7.83. The fourth-order valence-corrected chi connectivity index (χ4v) is 5.43. The lowest BCUT2D eigenvalue weighted by molar-refractivity contribution is 0.102. The summed E-state index contributed by atoms with van der Waals surface area (Å²) in [6.07, 6.45) is 4.02. The minimum absolute atomic E-state index is 0.183. The van der Waals surface area contributed by atoms with E-state index in [1.807, 2.05) is 24.3 Å². The third-order valence-corrected chi connectivity index (χ3v) is 7.23. The predicted molar refractivity (Wildman–Crippen MR) is 113 cm³/mol. The van der Waals surface area contributed by atoms with Crippen LogP contribution in [0.25, 0.3) is 0 Å². The molecule has 2 heterocycles. The lowest BCUT2D eigenvalue weighted by Crippen LogP contribution is -2.37. The normalized spacial score (nSPS) is 18.9. The SMILES string of the molecule is O=C(Nc1ccc(N2CCCC2)cc1)c1ccc(N2CCCCS2(=O)=O)cc1. The van der Waals surface area contributed by atoms with Crippen molar-refractivity contribution in [3.63, 3.8) is 0 Å². The van der Waals surface area contributed by atoms with Crippen molar-refractivity contribution in [1.82, 2.24) is 0 Å². The maximum atomic E-state index is 12.5. The van der Waals surface area contributed by atoms with Gasteiger partial charge >= 0.3 is 0 Å². The summed E-state index contributed by atoms with van der Waals surface area (Å²) in [5, 5.41) is 2.90. The van der Waals surface area contributed by atoms with E-state index in [0.29, 0.717) is 24.2 Å². The Kier molecular flexibility index (Phi) is 5.26. The zero-order valence-electron chi connectivity index (χ0n) is 15.8. The van der Waals surface area contributed by atoms with Gasteiger partial charge in [-0.1, -0.05) is 0 Å². The molecule has 6 nitrogen and oxygen atoms in total. The predicted octanol–water partition coefficient (Wildman–Crippen LogP) is 3.47. The summed E-state index contributed by atoms with van der Waals surface area (Å²) in [4.78, 5) is 14.9. The summed E-state index contributed by atoms with van der Waals surface area (Å²) in [7, 11) is -3.24. The van der Waals surface area contributed by atoms with E-state index in [2.05, 4.69) is 10.2 Å². The molecule has 2 aliphatic rings. The number of amides is 1. The second-order valence-electron chi connectivity index (χ2n) is 7.34. The Balaban J connectivity index is 1.42. The fourth-order valence-electron chi connectivity index (χ4n) is 3.79. The van der Waals surface area contributed by atoms with Crippen molar-refractivity contribution in [1.29, 1.82) is 0 Å². The van der Waals surface area contributed by atoms with Crippen LogP contribution >= 0.6 is 0 Å². The van der Waals surface area contributed by atoms with Gasteiger partial charge in [-0.25, -0.2) is 8.42 Å². The van der Waals surface area contributed by atoms with E-state index >= 15 is 0 Å². The highest BCUT2D eigenvalue weighted by Crippen LogP contribution is 2.25. The molecule has 1 amide bonds. The van der Waals surface area contributed by atoms with Crippen LogP contribution in [0.4, 0.5) is 17.1 Å². The Morgan fingerprint density at radius 2 is 1.39 bits per heavy atom. The van der Waals surface area contributed by atoms with Gasteiger partial charge in [-0.15, -0.1) is 0 Å². The molecule has 0 saturated carbocycles. The van der Waals surface area contributed by atoms with Crippen molar-refractivity contribution in [2.45, 2.75) is 25.7 Å². The molecule has 4 rings (SSSR count). The number of benzene rings is 2. The van der Waals surface area contributed by atoms with E-state index in [0.717, 1.165) is 25.2 Å². The Hall–Kier alpha value is -2.54. The maximum Gasteiger partial charge on any atom is 0.255 e. The van der Waals surface area contributed by atoms with Gasteiger partial charge in [-0.05, 0) is 74.2 Å². The quantitative estimate of drug-likeness (QED) is 0.855. The van der Waals surface area contributed by atoms with Gasteiger partial charge in [-0.2, -0.15) is 0 Å². The van der Waals surface area contributed by atoms with E-state index < -0.39 is 10.0 Å². The number of hydrogen-bond acceptors (Lipinski definition) is 4. The summed E-state index contributed by atoms with van der Waals surface area (Å²) < 4.78 is 25.9. The molecule has 0 unspecified atom stereocenters. The number of sulfonamides is 1. The molecule has 0 radical (unpaired) electrons.